The Hall–Kier alpha value is 0.210. The Bertz CT molecular complexity index is 112. The summed E-state index contributed by atoms with van der Waals surface area (Å²) in [6.45, 7) is 9.01. The Morgan fingerprint density at radius 2 is 2.20 bits per heavy atom. The minimum Gasteiger partial charge on any atom is -0.502 e. The van der Waals surface area contributed by atoms with Crippen molar-refractivity contribution < 1.29 is 34.4 Å². The van der Waals surface area contributed by atoms with Gasteiger partial charge in [0, 0.05) is 0 Å². The molecular formula is C7H12NNaO. The van der Waals surface area contributed by atoms with E-state index >= 15 is 0 Å². The molecule has 52 valence electrons. The Morgan fingerprint density at radius 3 is 2.50 bits per heavy atom. The summed E-state index contributed by atoms with van der Waals surface area (Å²) in [6, 6.07) is 0. The van der Waals surface area contributed by atoms with Gasteiger partial charge in [-0.05, 0) is 6.08 Å². The third-order valence-electron chi connectivity index (χ3n) is 0.744. The van der Waals surface area contributed by atoms with Gasteiger partial charge in [0.1, 0.15) is 0 Å². The second kappa shape index (κ2) is 7.32. The summed E-state index contributed by atoms with van der Waals surface area (Å²) in [7, 11) is 0. The topological polar surface area (TPSA) is 29.1 Å². The quantitative estimate of drug-likeness (QED) is 0.284. The van der Waals surface area contributed by atoms with Gasteiger partial charge in [-0.2, -0.15) is 5.92 Å². The molecule has 0 aromatic rings. The molecule has 0 unspecified atom stereocenters. The first-order valence-corrected chi connectivity index (χ1v) is 2.93. The molecule has 0 radical (unpaired) electrons. The second-order valence-corrected chi connectivity index (χ2v) is 2.12. The molecule has 1 N–H and O–H groups in total. The molecule has 0 rings (SSSR count). The first-order chi connectivity index (χ1) is 4.16. The average molecular weight is 149 g/mol. The molecule has 2 nitrogen and oxygen atoms in total. The van der Waals surface area contributed by atoms with Gasteiger partial charge in [-0.25, -0.2) is 6.54 Å². The zero-order valence-corrected chi connectivity index (χ0v) is 8.85. The molecule has 10 heavy (non-hydrogen) atoms. The standard InChI is InChI=1S/C7H12NO.Na/c1-4-7(9)8-5-6(2)3;/h4-6H,1H2,2-3H3,(H,8,9);/q-1;+1. The van der Waals surface area contributed by atoms with Crippen LogP contribution in [0.3, 0.4) is 0 Å². The molecular weight excluding hydrogens is 137 g/mol. The first kappa shape index (κ1) is 12.8. The van der Waals surface area contributed by atoms with E-state index in [1.807, 2.05) is 13.8 Å². The number of hydrogen-bond acceptors (Lipinski definition) is 1. The van der Waals surface area contributed by atoms with Crippen LogP contribution in [0.5, 0.6) is 0 Å². The molecule has 0 aromatic carbocycles. The normalized spacial score (nSPS) is 8.30. The SMILES string of the molecule is C=CC(=O)N[CH-]C(C)C.[Na+]. The van der Waals surface area contributed by atoms with E-state index in [-0.39, 0.29) is 35.5 Å². The maximum absolute atomic E-state index is 10.5. The van der Waals surface area contributed by atoms with E-state index < -0.39 is 0 Å². The van der Waals surface area contributed by atoms with Crippen molar-refractivity contribution in [2.75, 3.05) is 0 Å². The summed E-state index contributed by atoms with van der Waals surface area (Å²) < 4.78 is 0. The van der Waals surface area contributed by atoms with Gasteiger partial charge in [-0.1, -0.05) is 20.4 Å². The van der Waals surface area contributed by atoms with Crippen molar-refractivity contribution in [3.8, 4) is 0 Å². The zero-order chi connectivity index (χ0) is 7.28. The number of rotatable bonds is 3. The summed E-state index contributed by atoms with van der Waals surface area (Å²) >= 11 is 0. The summed E-state index contributed by atoms with van der Waals surface area (Å²) in [5.74, 6) is 0.234. The zero-order valence-electron chi connectivity index (χ0n) is 6.85. The van der Waals surface area contributed by atoms with Crippen LogP contribution in [0.15, 0.2) is 12.7 Å². The predicted molar refractivity (Wildman–Crippen MR) is 37.5 cm³/mol. The van der Waals surface area contributed by atoms with Gasteiger partial charge in [-0.15, -0.1) is 0 Å². The van der Waals surface area contributed by atoms with Crippen molar-refractivity contribution in [3.05, 3.63) is 19.2 Å². The van der Waals surface area contributed by atoms with Crippen molar-refractivity contribution in [3.63, 3.8) is 0 Å². The van der Waals surface area contributed by atoms with Crippen LogP contribution < -0.4 is 34.9 Å². The van der Waals surface area contributed by atoms with Crippen LogP contribution in [0, 0.1) is 12.5 Å². The number of hydrogen-bond donors (Lipinski definition) is 1. The maximum Gasteiger partial charge on any atom is 1.00 e. The van der Waals surface area contributed by atoms with Crippen LogP contribution in [0.4, 0.5) is 0 Å². The van der Waals surface area contributed by atoms with Crippen molar-refractivity contribution >= 4 is 5.91 Å². The van der Waals surface area contributed by atoms with E-state index in [9.17, 15) is 4.79 Å². The van der Waals surface area contributed by atoms with Crippen molar-refractivity contribution in [2.45, 2.75) is 13.8 Å². The number of carbonyl (C=O) groups is 1. The van der Waals surface area contributed by atoms with E-state index in [4.69, 9.17) is 0 Å². The summed E-state index contributed by atoms with van der Waals surface area (Å²) in [5.41, 5.74) is 0. The molecule has 0 heterocycles. The Kier molecular flexibility index (Phi) is 9.40. The fourth-order valence-electron chi connectivity index (χ4n) is 0.308. The molecule has 0 aliphatic heterocycles. The maximum atomic E-state index is 10.5. The molecule has 0 fully saturated rings. The molecule has 0 saturated heterocycles. The third kappa shape index (κ3) is 8.21. The van der Waals surface area contributed by atoms with Crippen LogP contribution in [-0.4, -0.2) is 5.91 Å². The van der Waals surface area contributed by atoms with Crippen molar-refractivity contribution in [2.24, 2.45) is 5.92 Å². The fraction of sp³-hybridized carbons (Fsp3) is 0.429. The van der Waals surface area contributed by atoms with Crippen LogP contribution >= 0.6 is 0 Å². The Balaban J connectivity index is 0. The predicted octanol–water partition coefficient (Wildman–Crippen LogP) is -1.89. The molecule has 0 atom stereocenters. The average Bonchev–Trinajstić information content (AvgIpc) is 1.83. The molecule has 0 aliphatic rings. The first-order valence-electron chi connectivity index (χ1n) is 2.93. The Morgan fingerprint density at radius 1 is 1.70 bits per heavy atom. The molecule has 0 aromatic heterocycles. The summed E-state index contributed by atoms with van der Waals surface area (Å²) in [6.07, 6.45) is 1.25. The molecule has 0 bridgehead atoms. The van der Waals surface area contributed by atoms with Gasteiger partial charge in [-0.3, -0.25) is 4.79 Å². The van der Waals surface area contributed by atoms with Crippen LogP contribution in [0.25, 0.3) is 0 Å². The minimum atomic E-state index is -0.149. The van der Waals surface area contributed by atoms with Gasteiger partial charge in [0.15, 0.2) is 0 Å². The molecule has 0 aliphatic carbocycles. The van der Waals surface area contributed by atoms with Crippen molar-refractivity contribution in [1.82, 2.24) is 5.32 Å². The largest absolute Gasteiger partial charge is 1.00 e. The van der Waals surface area contributed by atoms with E-state index in [1.54, 1.807) is 6.54 Å². The van der Waals surface area contributed by atoms with Gasteiger partial charge < -0.3 is 5.32 Å². The van der Waals surface area contributed by atoms with Crippen LogP contribution in [0.2, 0.25) is 0 Å². The fourth-order valence-corrected chi connectivity index (χ4v) is 0.308. The van der Waals surface area contributed by atoms with E-state index in [2.05, 4.69) is 11.9 Å². The monoisotopic (exact) mass is 149 g/mol. The number of nitrogens with one attached hydrogen (secondary N) is 1. The van der Waals surface area contributed by atoms with Gasteiger partial charge in [0.2, 0.25) is 5.91 Å². The molecule has 1 amide bonds. The van der Waals surface area contributed by atoms with Crippen LogP contribution in [0.1, 0.15) is 13.8 Å². The second-order valence-electron chi connectivity index (χ2n) is 2.12. The minimum absolute atomic E-state index is 0. The van der Waals surface area contributed by atoms with Gasteiger partial charge >= 0.3 is 29.6 Å². The third-order valence-corrected chi connectivity index (χ3v) is 0.744. The number of carbonyl (C=O) groups excluding carboxylic acids is 1. The van der Waals surface area contributed by atoms with Gasteiger partial charge in [0.05, 0.1) is 0 Å². The summed E-state index contributed by atoms with van der Waals surface area (Å²) in [4.78, 5) is 10.5. The molecule has 0 spiro atoms. The number of amides is 1. The Labute approximate surface area is 84.4 Å². The summed E-state index contributed by atoms with van der Waals surface area (Å²) in [5, 5.41) is 2.55. The molecule has 3 heteroatoms. The molecule has 0 saturated carbocycles. The van der Waals surface area contributed by atoms with E-state index in [0.717, 1.165) is 0 Å². The van der Waals surface area contributed by atoms with E-state index in [0.29, 0.717) is 5.92 Å². The smallest absolute Gasteiger partial charge is 0.502 e. The van der Waals surface area contributed by atoms with Crippen molar-refractivity contribution in [1.29, 1.82) is 0 Å². The van der Waals surface area contributed by atoms with E-state index in [1.165, 1.54) is 6.08 Å². The van der Waals surface area contributed by atoms with Gasteiger partial charge in [0.25, 0.3) is 0 Å². The van der Waals surface area contributed by atoms with Crippen LogP contribution in [-0.2, 0) is 4.79 Å².